The lowest BCUT2D eigenvalue weighted by molar-refractivity contribution is 0.0287. The molecule has 0 saturated heterocycles. The quantitative estimate of drug-likeness (QED) is 0.528. The first kappa shape index (κ1) is 17.6. The molecule has 0 spiro atoms. The molecule has 0 bridgehead atoms. The van der Waals surface area contributed by atoms with Crippen LogP contribution < -0.4 is 15.7 Å². The van der Waals surface area contributed by atoms with Crippen LogP contribution in [-0.4, -0.2) is 21.4 Å². The highest BCUT2D eigenvalue weighted by molar-refractivity contribution is 5.99. The molecule has 0 aliphatic carbocycles. The van der Waals surface area contributed by atoms with Crippen LogP contribution in [0.5, 0.6) is 0 Å². The fourth-order valence-corrected chi connectivity index (χ4v) is 2.15. The van der Waals surface area contributed by atoms with Gasteiger partial charge in [-0.1, -0.05) is 30.3 Å². The van der Waals surface area contributed by atoms with E-state index in [0.29, 0.717) is 0 Å². The first-order chi connectivity index (χ1) is 11.3. The summed E-state index contributed by atoms with van der Waals surface area (Å²) in [7, 11) is 0. The van der Waals surface area contributed by atoms with Crippen molar-refractivity contribution in [3.05, 3.63) is 69.2 Å². The molecule has 0 saturated carbocycles. The van der Waals surface area contributed by atoms with Gasteiger partial charge < -0.3 is 26.1 Å². The highest BCUT2D eigenvalue weighted by Crippen LogP contribution is 2.35. The molecular weight excluding hydrogens is 322 g/mol. The van der Waals surface area contributed by atoms with E-state index < -0.39 is 44.9 Å². The van der Waals surface area contributed by atoms with Crippen molar-refractivity contribution in [2.75, 3.05) is 15.7 Å². The molecular formula is C14H12N3O7-3. The summed E-state index contributed by atoms with van der Waals surface area (Å²) in [5.74, 6) is -0.490. The number of ketones is 1. The van der Waals surface area contributed by atoms with Crippen LogP contribution in [0.1, 0.15) is 15.9 Å². The summed E-state index contributed by atoms with van der Waals surface area (Å²) in [6, 6.07) is 9.43. The standard InChI is InChI=1S/C14H12N3O7/c18-14(9-4-2-1-3-5-9)8-11-12(16(21)22)6-10(15(19)20)7-13(11)17(23)24/h1-7,21-23H,8H2/q-3. The summed E-state index contributed by atoms with van der Waals surface area (Å²) in [6.45, 7) is 0. The molecule has 24 heavy (non-hydrogen) atoms. The number of hydrogen-bond acceptors (Lipinski definition) is 10. The molecule has 0 radical (unpaired) electrons. The van der Waals surface area contributed by atoms with Gasteiger partial charge in [-0.05, 0) is 12.1 Å². The summed E-state index contributed by atoms with van der Waals surface area (Å²) in [6.07, 6.45) is -0.496. The van der Waals surface area contributed by atoms with Crippen molar-refractivity contribution < 1.29 is 20.4 Å². The van der Waals surface area contributed by atoms with E-state index in [4.69, 9.17) is 5.21 Å². The second-order valence-corrected chi connectivity index (χ2v) is 4.75. The number of hydrogen-bond donors (Lipinski definition) is 3. The van der Waals surface area contributed by atoms with Crippen molar-refractivity contribution in [3.63, 3.8) is 0 Å². The van der Waals surface area contributed by atoms with Gasteiger partial charge in [0.2, 0.25) is 0 Å². The Hall–Kier alpha value is -2.73. The lowest BCUT2D eigenvalue weighted by atomic mass is 9.99. The maximum absolute atomic E-state index is 12.3. The summed E-state index contributed by atoms with van der Waals surface area (Å²) in [5, 5.41) is 58.7. The fraction of sp³-hybridized carbons (Fsp3) is 0.0714. The van der Waals surface area contributed by atoms with Crippen molar-refractivity contribution in [3.8, 4) is 0 Å². The third-order valence-electron chi connectivity index (χ3n) is 3.25. The molecule has 0 unspecified atom stereocenters. The molecule has 2 aromatic carbocycles. The van der Waals surface area contributed by atoms with Gasteiger partial charge in [0, 0.05) is 23.2 Å². The van der Waals surface area contributed by atoms with Gasteiger partial charge in [-0.25, -0.2) is 0 Å². The van der Waals surface area contributed by atoms with Crippen LogP contribution in [0, 0.1) is 15.6 Å². The van der Waals surface area contributed by atoms with Crippen LogP contribution >= 0.6 is 0 Å². The fourth-order valence-electron chi connectivity index (χ4n) is 2.15. The number of carbonyl (C=O) groups is 1. The van der Waals surface area contributed by atoms with Crippen molar-refractivity contribution in [2.45, 2.75) is 6.42 Å². The van der Waals surface area contributed by atoms with Crippen molar-refractivity contribution in [1.82, 2.24) is 0 Å². The zero-order chi connectivity index (χ0) is 17.9. The minimum Gasteiger partial charge on any atom is -0.769 e. The second kappa shape index (κ2) is 7.23. The number of Topliss-reactive ketones (excluding diaryl/α,β-unsaturated/α-hetero) is 1. The molecule has 10 heteroatoms. The predicted octanol–water partition coefficient (Wildman–Crippen LogP) is 2.19. The third-order valence-corrected chi connectivity index (χ3v) is 3.25. The van der Waals surface area contributed by atoms with Crippen LogP contribution in [0.25, 0.3) is 0 Å². The number of anilines is 3. The normalized spacial score (nSPS) is 10.4. The van der Waals surface area contributed by atoms with E-state index in [9.17, 15) is 30.8 Å². The maximum atomic E-state index is 12.3. The second-order valence-electron chi connectivity index (χ2n) is 4.75. The highest BCUT2D eigenvalue weighted by atomic mass is 16.8. The minimum atomic E-state index is -0.886. The maximum Gasteiger partial charge on any atom is 0.167 e. The van der Waals surface area contributed by atoms with Gasteiger partial charge in [0.1, 0.15) is 5.69 Å². The number of carbonyl (C=O) groups excluding carboxylic acids is 1. The van der Waals surface area contributed by atoms with Gasteiger partial charge in [-0.15, -0.1) is 5.23 Å². The lowest BCUT2D eigenvalue weighted by Crippen LogP contribution is -2.20. The van der Waals surface area contributed by atoms with Crippen molar-refractivity contribution in [2.24, 2.45) is 0 Å². The monoisotopic (exact) mass is 334 g/mol. The molecule has 0 amide bonds. The Kier molecular flexibility index (Phi) is 5.31. The van der Waals surface area contributed by atoms with Gasteiger partial charge in [-0.2, -0.15) is 0 Å². The van der Waals surface area contributed by atoms with Gasteiger partial charge in [-0.3, -0.25) is 20.4 Å². The van der Waals surface area contributed by atoms with E-state index >= 15 is 0 Å². The third kappa shape index (κ3) is 3.78. The number of rotatable bonds is 6. The molecule has 2 rings (SSSR count). The van der Waals surface area contributed by atoms with Gasteiger partial charge in [0.15, 0.2) is 5.78 Å². The molecule has 0 atom stereocenters. The first-order valence-electron chi connectivity index (χ1n) is 6.55. The van der Waals surface area contributed by atoms with Crippen LogP contribution in [0.3, 0.4) is 0 Å². The topological polar surface area (TPSA) is 157 Å². The SMILES string of the molecule is O=C(Cc1c(N([O-])O)cc(N([O-])[O-])cc1N(O)O)c1ccccc1. The largest absolute Gasteiger partial charge is 0.769 e. The molecule has 0 aliphatic rings. The smallest absolute Gasteiger partial charge is 0.167 e. The summed E-state index contributed by atoms with van der Waals surface area (Å²) >= 11 is 0. The van der Waals surface area contributed by atoms with Crippen LogP contribution in [0.2, 0.25) is 0 Å². The van der Waals surface area contributed by atoms with E-state index in [0.717, 1.165) is 12.1 Å². The molecule has 0 heterocycles. The number of nitrogens with zero attached hydrogens (tertiary/aromatic N) is 3. The van der Waals surface area contributed by atoms with E-state index in [2.05, 4.69) is 0 Å². The van der Waals surface area contributed by atoms with E-state index in [1.807, 2.05) is 0 Å². The molecule has 10 nitrogen and oxygen atoms in total. The zero-order valence-corrected chi connectivity index (χ0v) is 12.1. The van der Waals surface area contributed by atoms with Crippen molar-refractivity contribution >= 4 is 22.8 Å². The first-order valence-corrected chi connectivity index (χ1v) is 6.55. The molecule has 128 valence electrons. The lowest BCUT2D eigenvalue weighted by Gasteiger charge is -2.39. The van der Waals surface area contributed by atoms with Gasteiger partial charge in [0.05, 0.1) is 5.69 Å². The van der Waals surface area contributed by atoms with Gasteiger partial charge >= 0.3 is 0 Å². The van der Waals surface area contributed by atoms with Crippen LogP contribution in [0.15, 0.2) is 42.5 Å². The Morgan fingerprint density at radius 2 is 1.54 bits per heavy atom. The molecule has 2 aromatic rings. The molecule has 0 aromatic heterocycles. The average Bonchev–Trinajstić information content (AvgIpc) is 2.54. The molecule has 0 aliphatic heterocycles. The van der Waals surface area contributed by atoms with Crippen LogP contribution in [-0.2, 0) is 6.42 Å². The average molecular weight is 334 g/mol. The molecule has 3 N–H and O–H groups in total. The Bertz CT molecular complexity index is 691. The Morgan fingerprint density at radius 1 is 0.958 bits per heavy atom. The highest BCUT2D eigenvalue weighted by Gasteiger charge is 2.19. The van der Waals surface area contributed by atoms with E-state index in [1.54, 1.807) is 18.2 Å². The summed E-state index contributed by atoms with van der Waals surface area (Å²) < 4.78 is 0. The molecule has 0 fully saturated rings. The van der Waals surface area contributed by atoms with E-state index in [1.165, 1.54) is 12.1 Å². The summed E-state index contributed by atoms with van der Waals surface area (Å²) in [4.78, 5) is 12.3. The number of benzene rings is 2. The van der Waals surface area contributed by atoms with Crippen LogP contribution in [0.4, 0.5) is 17.1 Å². The van der Waals surface area contributed by atoms with E-state index in [-0.39, 0.29) is 11.1 Å². The summed E-state index contributed by atoms with van der Waals surface area (Å²) in [5.41, 5.74) is -1.88. The minimum absolute atomic E-state index is 0.281. The Morgan fingerprint density at radius 3 is 2.04 bits per heavy atom. The van der Waals surface area contributed by atoms with Crippen molar-refractivity contribution in [1.29, 1.82) is 0 Å². The Labute approximate surface area is 135 Å². The zero-order valence-electron chi connectivity index (χ0n) is 12.1. The van der Waals surface area contributed by atoms with Gasteiger partial charge in [0.25, 0.3) is 0 Å². The predicted molar refractivity (Wildman–Crippen MR) is 83.8 cm³/mol. The Balaban J connectivity index is 2.52.